The summed E-state index contributed by atoms with van der Waals surface area (Å²) in [5.41, 5.74) is 0.156. The summed E-state index contributed by atoms with van der Waals surface area (Å²) in [7, 11) is 0. The number of hydrogen-bond acceptors (Lipinski definition) is 2. The van der Waals surface area contributed by atoms with Crippen LogP contribution < -0.4 is 10.1 Å². The van der Waals surface area contributed by atoms with E-state index in [9.17, 15) is 13.6 Å². The van der Waals surface area contributed by atoms with Crippen LogP contribution in [0.3, 0.4) is 0 Å². The molecule has 1 amide bonds. The molecular weight excluding hydrogens is 276 g/mol. The minimum atomic E-state index is -2.94. The number of halogens is 2. The van der Waals surface area contributed by atoms with Gasteiger partial charge < -0.3 is 10.1 Å². The molecule has 0 aliphatic heterocycles. The molecule has 0 saturated heterocycles. The number of nitrogens with one attached hydrogen (secondary N) is 1. The summed E-state index contributed by atoms with van der Waals surface area (Å²) in [6.45, 7) is 1.36. The van der Waals surface area contributed by atoms with Crippen LogP contribution in [-0.2, 0) is 0 Å². The largest absolute Gasteiger partial charge is 0.434 e. The van der Waals surface area contributed by atoms with E-state index < -0.39 is 6.61 Å². The van der Waals surface area contributed by atoms with Crippen LogP contribution in [0.2, 0.25) is 0 Å². The van der Waals surface area contributed by atoms with Crippen LogP contribution in [0.1, 0.15) is 43.5 Å². The number of hydrogen-bond donors (Lipinski definition) is 1. The van der Waals surface area contributed by atoms with Gasteiger partial charge in [-0.2, -0.15) is 8.78 Å². The maximum absolute atomic E-state index is 12.4. The molecule has 2 rings (SSSR count). The quantitative estimate of drug-likeness (QED) is 0.917. The maximum Gasteiger partial charge on any atom is 0.387 e. The molecule has 0 aromatic heterocycles. The van der Waals surface area contributed by atoms with Gasteiger partial charge in [0.15, 0.2) is 0 Å². The molecule has 1 aliphatic rings. The van der Waals surface area contributed by atoms with Crippen molar-refractivity contribution in [3.63, 3.8) is 0 Å². The lowest BCUT2D eigenvalue weighted by molar-refractivity contribution is -0.0501. The van der Waals surface area contributed by atoms with Crippen LogP contribution in [0.5, 0.6) is 5.75 Å². The average molecular weight is 297 g/mol. The van der Waals surface area contributed by atoms with Gasteiger partial charge in [-0.05, 0) is 30.4 Å². The highest BCUT2D eigenvalue weighted by Gasteiger charge is 2.29. The number of ether oxygens (including phenoxy) is 1. The van der Waals surface area contributed by atoms with Crippen molar-refractivity contribution in [1.29, 1.82) is 0 Å². The first-order valence-corrected chi connectivity index (χ1v) is 7.33. The van der Waals surface area contributed by atoms with E-state index in [0.717, 1.165) is 12.8 Å². The highest BCUT2D eigenvalue weighted by Crippen LogP contribution is 2.30. The molecule has 0 bridgehead atoms. The van der Waals surface area contributed by atoms with E-state index >= 15 is 0 Å². The molecule has 0 unspecified atom stereocenters. The molecule has 1 N–H and O–H groups in total. The molecule has 0 spiro atoms. The number of carbonyl (C=O) groups is 1. The molecule has 1 fully saturated rings. The third kappa shape index (κ3) is 3.93. The van der Waals surface area contributed by atoms with Gasteiger partial charge in [-0.25, -0.2) is 0 Å². The van der Waals surface area contributed by atoms with Gasteiger partial charge >= 0.3 is 6.61 Å². The Bertz CT molecular complexity index is 493. The molecule has 0 heterocycles. The zero-order valence-electron chi connectivity index (χ0n) is 12.3. The first kappa shape index (κ1) is 15.7. The molecule has 0 radical (unpaired) electrons. The van der Waals surface area contributed by atoms with Crippen LogP contribution in [0.15, 0.2) is 24.3 Å². The maximum atomic E-state index is 12.4. The molecule has 1 aromatic rings. The van der Waals surface area contributed by atoms with Crippen molar-refractivity contribution < 1.29 is 18.3 Å². The predicted octanol–water partition coefficient (Wildman–Crippen LogP) is 3.84. The molecule has 5 heteroatoms. The van der Waals surface area contributed by atoms with E-state index in [0.29, 0.717) is 11.8 Å². The van der Waals surface area contributed by atoms with E-state index in [-0.39, 0.29) is 23.3 Å². The van der Waals surface area contributed by atoms with Gasteiger partial charge in [-0.1, -0.05) is 38.8 Å². The van der Waals surface area contributed by atoms with Crippen LogP contribution in [-0.4, -0.2) is 18.6 Å². The van der Waals surface area contributed by atoms with Gasteiger partial charge in [0, 0.05) is 6.04 Å². The van der Waals surface area contributed by atoms with Crippen molar-refractivity contribution in [2.24, 2.45) is 11.8 Å². The van der Waals surface area contributed by atoms with Crippen LogP contribution in [0, 0.1) is 11.8 Å². The smallest absolute Gasteiger partial charge is 0.387 e. The highest BCUT2D eigenvalue weighted by atomic mass is 19.3. The van der Waals surface area contributed by atoms with Crippen molar-refractivity contribution in [2.45, 2.75) is 45.8 Å². The molecule has 3 nitrogen and oxygen atoms in total. The standard InChI is InChI=1S/C16H21F2NO2/c1-10-6-5-8-13(11(10)2)19-15(20)12-7-3-4-9-14(12)21-16(17)18/h3-4,7,9-11,13,16H,5-6,8H2,1-2H3,(H,19,20)/t10-,11+,13-/m1/s1. The van der Waals surface area contributed by atoms with Crippen molar-refractivity contribution in [3.8, 4) is 5.75 Å². The average Bonchev–Trinajstić information content (AvgIpc) is 2.44. The van der Waals surface area contributed by atoms with Crippen molar-refractivity contribution in [3.05, 3.63) is 29.8 Å². The Hall–Kier alpha value is -1.65. The number of rotatable bonds is 4. The molecule has 21 heavy (non-hydrogen) atoms. The zero-order valence-corrected chi connectivity index (χ0v) is 12.3. The van der Waals surface area contributed by atoms with E-state index in [1.807, 2.05) is 0 Å². The fraction of sp³-hybridized carbons (Fsp3) is 0.562. The monoisotopic (exact) mass is 297 g/mol. The number of alkyl halides is 2. The minimum absolute atomic E-state index is 0.0819. The third-order valence-electron chi connectivity index (χ3n) is 4.37. The summed E-state index contributed by atoms with van der Waals surface area (Å²) in [5, 5.41) is 2.97. The summed E-state index contributed by atoms with van der Waals surface area (Å²) in [4.78, 5) is 12.3. The summed E-state index contributed by atoms with van der Waals surface area (Å²) in [5.74, 6) is 0.501. The van der Waals surface area contributed by atoms with Crippen molar-refractivity contribution >= 4 is 5.91 Å². The van der Waals surface area contributed by atoms with Gasteiger partial charge in [0.1, 0.15) is 5.75 Å². The van der Waals surface area contributed by atoms with E-state index in [1.165, 1.54) is 18.6 Å². The number of amides is 1. The Labute approximate surface area is 123 Å². The molecule has 116 valence electrons. The Morgan fingerprint density at radius 3 is 2.71 bits per heavy atom. The summed E-state index contributed by atoms with van der Waals surface area (Å²) >= 11 is 0. The fourth-order valence-corrected chi connectivity index (χ4v) is 2.88. The number of para-hydroxylation sites is 1. The van der Waals surface area contributed by atoms with E-state index in [2.05, 4.69) is 23.9 Å². The fourth-order valence-electron chi connectivity index (χ4n) is 2.88. The van der Waals surface area contributed by atoms with Gasteiger partial charge in [0.25, 0.3) is 5.91 Å². The van der Waals surface area contributed by atoms with Gasteiger partial charge in [0.05, 0.1) is 5.56 Å². The topological polar surface area (TPSA) is 38.3 Å². The van der Waals surface area contributed by atoms with Crippen LogP contribution >= 0.6 is 0 Å². The number of benzene rings is 1. The Morgan fingerprint density at radius 2 is 2.00 bits per heavy atom. The number of carbonyl (C=O) groups excluding carboxylic acids is 1. The third-order valence-corrected chi connectivity index (χ3v) is 4.37. The predicted molar refractivity (Wildman–Crippen MR) is 76.5 cm³/mol. The lowest BCUT2D eigenvalue weighted by atomic mass is 9.78. The SMILES string of the molecule is C[C@H]1[C@H](C)CCC[C@H]1NC(=O)c1ccccc1OC(F)F. The van der Waals surface area contributed by atoms with Gasteiger partial charge in [-0.15, -0.1) is 0 Å². The molecule has 3 atom stereocenters. The van der Waals surface area contributed by atoms with Gasteiger partial charge in [0.2, 0.25) is 0 Å². The summed E-state index contributed by atoms with van der Waals surface area (Å²) < 4.78 is 29.2. The molecular formula is C16H21F2NO2. The Balaban J connectivity index is 2.09. The van der Waals surface area contributed by atoms with E-state index in [4.69, 9.17) is 0 Å². The highest BCUT2D eigenvalue weighted by molar-refractivity contribution is 5.97. The Kier molecular flexibility index (Phi) is 5.15. The second-order valence-electron chi connectivity index (χ2n) is 5.72. The van der Waals surface area contributed by atoms with Crippen molar-refractivity contribution in [2.75, 3.05) is 0 Å². The summed E-state index contributed by atoms with van der Waals surface area (Å²) in [6.07, 6.45) is 3.17. The van der Waals surface area contributed by atoms with Crippen LogP contribution in [0.4, 0.5) is 8.78 Å². The molecule has 1 aliphatic carbocycles. The molecule has 1 aromatic carbocycles. The molecule has 1 saturated carbocycles. The van der Waals surface area contributed by atoms with E-state index in [1.54, 1.807) is 12.1 Å². The second-order valence-corrected chi connectivity index (χ2v) is 5.72. The second kappa shape index (κ2) is 6.87. The normalized spacial score (nSPS) is 25.7. The Morgan fingerprint density at radius 1 is 1.29 bits per heavy atom. The summed E-state index contributed by atoms with van der Waals surface area (Å²) in [6, 6.07) is 6.18. The minimum Gasteiger partial charge on any atom is -0.434 e. The van der Waals surface area contributed by atoms with Crippen molar-refractivity contribution in [1.82, 2.24) is 5.32 Å². The lowest BCUT2D eigenvalue weighted by Gasteiger charge is -2.34. The van der Waals surface area contributed by atoms with Crippen LogP contribution in [0.25, 0.3) is 0 Å². The zero-order chi connectivity index (χ0) is 15.4. The first-order valence-electron chi connectivity index (χ1n) is 7.33. The van der Waals surface area contributed by atoms with Gasteiger partial charge in [-0.3, -0.25) is 4.79 Å². The lowest BCUT2D eigenvalue weighted by Crippen LogP contribution is -2.43. The first-order chi connectivity index (χ1) is 9.99.